The van der Waals surface area contributed by atoms with Crippen LogP contribution in [0.3, 0.4) is 0 Å². The van der Waals surface area contributed by atoms with Crippen LogP contribution in [-0.2, 0) is 0 Å². The van der Waals surface area contributed by atoms with Crippen molar-refractivity contribution in [1.82, 2.24) is 0 Å². The van der Waals surface area contributed by atoms with Crippen LogP contribution >= 0.6 is 0 Å². The lowest BCUT2D eigenvalue weighted by molar-refractivity contribution is 0.372. The zero-order chi connectivity index (χ0) is 15.7. The molecule has 1 fully saturated rings. The SMILES string of the molecule is CCCCCCCCCCCC1CCCCCCCCCC1. The molecule has 0 radical (unpaired) electrons. The van der Waals surface area contributed by atoms with Crippen LogP contribution in [0.1, 0.15) is 135 Å². The minimum Gasteiger partial charge on any atom is -0.0654 e. The first-order chi connectivity index (χ1) is 10.9. The second-order valence-electron chi connectivity index (χ2n) is 7.89. The molecular weight excluding hydrogens is 264 g/mol. The Bertz CT molecular complexity index is 196. The first kappa shape index (κ1) is 20.0. The minimum absolute atomic E-state index is 1.07. The van der Waals surface area contributed by atoms with Crippen molar-refractivity contribution in [2.75, 3.05) is 0 Å². The summed E-state index contributed by atoms with van der Waals surface area (Å²) in [6.45, 7) is 2.31. The van der Waals surface area contributed by atoms with E-state index in [-0.39, 0.29) is 0 Å². The van der Waals surface area contributed by atoms with Crippen molar-refractivity contribution in [2.24, 2.45) is 5.92 Å². The van der Waals surface area contributed by atoms with E-state index in [1.807, 2.05) is 0 Å². The van der Waals surface area contributed by atoms with Gasteiger partial charge in [-0.05, 0) is 5.92 Å². The monoisotopic (exact) mass is 308 g/mol. The molecule has 1 rings (SSSR count). The lowest BCUT2D eigenvalue weighted by atomic mass is 9.90. The summed E-state index contributed by atoms with van der Waals surface area (Å²) in [6.07, 6.45) is 30.0. The maximum Gasteiger partial charge on any atom is -0.0414 e. The number of rotatable bonds is 10. The van der Waals surface area contributed by atoms with E-state index < -0.39 is 0 Å². The maximum absolute atomic E-state index is 2.31. The summed E-state index contributed by atoms with van der Waals surface area (Å²) in [5, 5.41) is 0. The molecule has 1 saturated carbocycles. The van der Waals surface area contributed by atoms with Gasteiger partial charge in [-0.1, -0.05) is 135 Å². The summed E-state index contributed by atoms with van der Waals surface area (Å²) >= 11 is 0. The minimum atomic E-state index is 1.07. The van der Waals surface area contributed by atoms with Crippen molar-refractivity contribution < 1.29 is 0 Å². The highest BCUT2D eigenvalue weighted by molar-refractivity contribution is 4.63. The second-order valence-corrected chi connectivity index (χ2v) is 7.89. The largest absolute Gasteiger partial charge is 0.0654 e. The average molecular weight is 309 g/mol. The van der Waals surface area contributed by atoms with E-state index in [1.54, 1.807) is 0 Å². The zero-order valence-corrected chi connectivity index (χ0v) is 15.7. The first-order valence-corrected chi connectivity index (χ1v) is 10.9. The highest BCUT2D eigenvalue weighted by Crippen LogP contribution is 2.25. The molecule has 0 aromatic heterocycles. The molecule has 0 heterocycles. The molecule has 1 aliphatic rings. The predicted octanol–water partition coefficient (Wildman–Crippen LogP) is 8.44. The summed E-state index contributed by atoms with van der Waals surface area (Å²) < 4.78 is 0. The summed E-state index contributed by atoms with van der Waals surface area (Å²) in [5.74, 6) is 1.07. The first-order valence-electron chi connectivity index (χ1n) is 10.9. The molecule has 0 amide bonds. The van der Waals surface area contributed by atoms with Crippen LogP contribution in [0, 0.1) is 5.92 Å². The Morgan fingerprint density at radius 2 is 0.909 bits per heavy atom. The van der Waals surface area contributed by atoms with Crippen molar-refractivity contribution in [2.45, 2.75) is 135 Å². The molecule has 0 aliphatic heterocycles. The Labute approximate surface area is 141 Å². The van der Waals surface area contributed by atoms with Gasteiger partial charge >= 0.3 is 0 Å². The van der Waals surface area contributed by atoms with Crippen molar-refractivity contribution in [3.63, 3.8) is 0 Å². The smallest absolute Gasteiger partial charge is 0.0414 e. The Hall–Kier alpha value is 0. The maximum atomic E-state index is 2.31. The quantitative estimate of drug-likeness (QED) is 0.355. The van der Waals surface area contributed by atoms with Gasteiger partial charge in [0.05, 0.1) is 0 Å². The van der Waals surface area contributed by atoms with E-state index in [9.17, 15) is 0 Å². The third-order valence-corrected chi connectivity index (χ3v) is 5.69. The van der Waals surface area contributed by atoms with Crippen LogP contribution in [0.5, 0.6) is 0 Å². The van der Waals surface area contributed by atoms with E-state index in [2.05, 4.69) is 6.92 Å². The predicted molar refractivity (Wildman–Crippen MR) is 102 cm³/mol. The Kier molecular flexibility index (Phi) is 14.5. The Balaban J connectivity index is 1.96. The Morgan fingerprint density at radius 3 is 1.41 bits per heavy atom. The lowest BCUT2D eigenvalue weighted by Gasteiger charge is -2.16. The van der Waals surface area contributed by atoms with Gasteiger partial charge in [0, 0.05) is 0 Å². The molecule has 132 valence electrons. The number of hydrogen-bond acceptors (Lipinski definition) is 0. The molecule has 0 N–H and O–H groups in total. The summed E-state index contributed by atoms with van der Waals surface area (Å²) in [7, 11) is 0. The van der Waals surface area contributed by atoms with Gasteiger partial charge < -0.3 is 0 Å². The summed E-state index contributed by atoms with van der Waals surface area (Å²) in [4.78, 5) is 0. The van der Waals surface area contributed by atoms with E-state index in [0.29, 0.717) is 0 Å². The second kappa shape index (κ2) is 15.9. The van der Waals surface area contributed by atoms with E-state index >= 15 is 0 Å². The van der Waals surface area contributed by atoms with Gasteiger partial charge in [0.2, 0.25) is 0 Å². The van der Waals surface area contributed by atoms with E-state index in [0.717, 1.165) is 5.92 Å². The normalized spacial score (nSPS) is 19.0. The van der Waals surface area contributed by atoms with Crippen molar-refractivity contribution >= 4 is 0 Å². The van der Waals surface area contributed by atoms with Gasteiger partial charge in [-0.3, -0.25) is 0 Å². The molecule has 0 saturated heterocycles. The van der Waals surface area contributed by atoms with Gasteiger partial charge in [-0.15, -0.1) is 0 Å². The third kappa shape index (κ3) is 12.5. The highest BCUT2D eigenvalue weighted by Gasteiger charge is 2.09. The zero-order valence-electron chi connectivity index (χ0n) is 15.7. The van der Waals surface area contributed by atoms with E-state index in [4.69, 9.17) is 0 Å². The van der Waals surface area contributed by atoms with Crippen molar-refractivity contribution in [1.29, 1.82) is 0 Å². The van der Waals surface area contributed by atoms with Gasteiger partial charge in [0.25, 0.3) is 0 Å². The summed E-state index contributed by atoms with van der Waals surface area (Å²) in [6, 6.07) is 0. The van der Waals surface area contributed by atoms with Crippen LogP contribution in [0.15, 0.2) is 0 Å². The Morgan fingerprint density at radius 1 is 0.500 bits per heavy atom. The fraction of sp³-hybridized carbons (Fsp3) is 1.00. The highest BCUT2D eigenvalue weighted by atomic mass is 14.2. The molecule has 0 heteroatoms. The molecule has 0 spiro atoms. The molecule has 0 aromatic carbocycles. The van der Waals surface area contributed by atoms with Gasteiger partial charge in [0.15, 0.2) is 0 Å². The van der Waals surface area contributed by atoms with Gasteiger partial charge in [-0.25, -0.2) is 0 Å². The fourth-order valence-corrected chi connectivity index (χ4v) is 4.10. The molecule has 0 aromatic rings. The molecule has 0 bridgehead atoms. The van der Waals surface area contributed by atoms with Gasteiger partial charge in [0.1, 0.15) is 0 Å². The molecule has 0 atom stereocenters. The molecule has 1 aliphatic carbocycles. The van der Waals surface area contributed by atoms with Crippen LogP contribution in [0.25, 0.3) is 0 Å². The van der Waals surface area contributed by atoms with Crippen LogP contribution in [0.2, 0.25) is 0 Å². The number of unbranched alkanes of at least 4 members (excludes halogenated alkanes) is 8. The average Bonchev–Trinajstić information content (AvgIpc) is 2.59. The van der Waals surface area contributed by atoms with Gasteiger partial charge in [-0.2, -0.15) is 0 Å². The molecule has 0 unspecified atom stereocenters. The molecule has 0 nitrogen and oxygen atoms in total. The molecule has 22 heavy (non-hydrogen) atoms. The standard InChI is InChI=1S/C22H44/c1-2-3-4-5-6-7-10-13-16-19-22-20-17-14-11-8-9-12-15-18-21-22/h22H,2-21H2,1H3. The van der Waals surface area contributed by atoms with Crippen molar-refractivity contribution in [3.8, 4) is 0 Å². The van der Waals surface area contributed by atoms with Crippen LogP contribution < -0.4 is 0 Å². The van der Waals surface area contributed by atoms with Crippen molar-refractivity contribution in [3.05, 3.63) is 0 Å². The number of hydrogen-bond donors (Lipinski definition) is 0. The lowest BCUT2D eigenvalue weighted by Crippen LogP contribution is -2.01. The fourth-order valence-electron chi connectivity index (χ4n) is 4.10. The van der Waals surface area contributed by atoms with Crippen LogP contribution in [0.4, 0.5) is 0 Å². The molecular formula is C22H44. The van der Waals surface area contributed by atoms with E-state index in [1.165, 1.54) is 128 Å². The summed E-state index contributed by atoms with van der Waals surface area (Å²) in [5.41, 5.74) is 0. The third-order valence-electron chi connectivity index (χ3n) is 5.69. The van der Waals surface area contributed by atoms with Crippen LogP contribution in [-0.4, -0.2) is 0 Å². The topological polar surface area (TPSA) is 0 Å².